The average molecular weight is 479 g/mol. The fourth-order valence-corrected chi connectivity index (χ4v) is 4.69. The zero-order valence-corrected chi connectivity index (χ0v) is 19.2. The summed E-state index contributed by atoms with van der Waals surface area (Å²) in [6.45, 7) is 3.02. The second kappa shape index (κ2) is 9.32. The van der Waals surface area contributed by atoms with Crippen LogP contribution in [-0.2, 0) is 6.54 Å². The van der Waals surface area contributed by atoms with Crippen molar-refractivity contribution >= 4 is 45.7 Å². The monoisotopic (exact) mass is 478 g/mol. The van der Waals surface area contributed by atoms with Crippen molar-refractivity contribution in [3.63, 3.8) is 0 Å². The summed E-state index contributed by atoms with van der Waals surface area (Å²) in [4.78, 5) is 15.7. The van der Waals surface area contributed by atoms with Crippen LogP contribution in [0.15, 0.2) is 43.0 Å². The van der Waals surface area contributed by atoms with Crippen molar-refractivity contribution in [3.05, 3.63) is 64.3 Å². The molecule has 1 aromatic carbocycles. The number of aromatic nitrogens is 5. The number of hydrogen-bond acceptors (Lipinski definition) is 7. The van der Waals surface area contributed by atoms with Gasteiger partial charge in [-0.15, -0.1) is 0 Å². The molecule has 10 heteroatoms. The van der Waals surface area contributed by atoms with Crippen molar-refractivity contribution < 1.29 is 0 Å². The normalized spacial score (nSPS) is 14.3. The quantitative estimate of drug-likeness (QED) is 0.425. The molecular weight excluding hydrogens is 459 g/mol. The molecule has 166 valence electrons. The summed E-state index contributed by atoms with van der Waals surface area (Å²) in [6, 6.07) is 8.94. The number of fused-ring (bicyclic) bond motifs is 1. The number of hydrogen-bond donors (Lipinski definition) is 1. The standard InChI is InChI=1S/C23H20Cl2N8/c24-18-8-15(11-26)9-19(25)22(18)33-13-17-20(31-33)4-5-27-23(17)30-21-10-16(28-14-29-21)12-32-6-2-1-3-7-32/h4-5,8-10,13-14H,1-3,6-7,12H2,(H,27,28,29,30). The molecule has 0 spiro atoms. The van der Waals surface area contributed by atoms with Gasteiger partial charge >= 0.3 is 0 Å². The molecule has 4 heterocycles. The molecule has 0 atom stereocenters. The van der Waals surface area contributed by atoms with Crippen LogP contribution in [0.5, 0.6) is 0 Å². The van der Waals surface area contributed by atoms with Crippen LogP contribution >= 0.6 is 23.2 Å². The zero-order chi connectivity index (χ0) is 22.8. The van der Waals surface area contributed by atoms with Gasteiger partial charge < -0.3 is 5.32 Å². The summed E-state index contributed by atoms with van der Waals surface area (Å²) >= 11 is 12.8. The van der Waals surface area contributed by atoms with Crippen LogP contribution < -0.4 is 5.32 Å². The van der Waals surface area contributed by atoms with Crippen molar-refractivity contribution in [3.8, 4) is 11.8 Å². The molecule has 0 radical (unpaired) electrons. The fraction of sp³-hybridized carbons (Fsp3) is 0.261. The molecule has 0 aliphatic carbocycles. The lowest BCUT2D eigenvalue weighted by Gasteiger charge is -2.25. The largest absolute Gasteiger partial charge is 0.324 e. The predicted octanol–water partition coefficient (Wildman–Crippen LogP) is 5.12. The van der Waals surface area contributed by atoms with Gasteiger partial charge in [-0.05, 0) is 44.1 Å². The van der Waals surface area contributed by atoms with E-state index in [1.165, 1.54) is 19.3 Å². The Labute approximate surface area is 200 Å². The summed E-state index contributed by atoms with van der Waals surface area (Å²) in [5.74, 6) is 1.28. The van der Waals surface area contributed by atoms with E-state index in [0.717, 1.165) is 30.7 Å². The van der Waals surface area contributed by atoms with E-state index >= 15 is 0 Å². The fourth-order valence-electron chi connectivity index (χ4n) is 4.03. The molecule has 8 nitrogen and oxygen atoms in total. The molecule has 3 aromatic heterocycles. The van der Waals surface area contributed by atoms with Crippen molar-refractivity contribution in [2.45, 2.75) is 25.8 Å². The molecule has 1 saturated heterocycles. The highest BCUT2D eigenvalue weighted by atomic mass is 35.5. The Kier molecular flexibility index (Phi) is 6.09. The number of pyridine rings is 1. The molecule has 1 aliphatic rings. The van der Waals surface area contributed by atoms with Gasteiger partial charge in [0.05, 0.1) is 38.3 Å². The van der Waals surface area contributed by atoms with Crippen molar-refractivity contribution in [1.82, 2.24) is 29.6 Å². The first-order valence-corrected chi connectivity index (χ1v) is 11.4. The highest BCUT2D eigenvalue weighted by Crippen LogP contribution is 2.32. The predicted molar refractivity (Wildman–Crippen MR) is 128 cm³/mol. The molecule has 1 fully saturated rings. The van der Waals surface area contributed by atoms with Gasteiger partial charge in [-0.2, -0.15) is 10.4 Å². The lowest BCUT2D eigenvalue weighted by molar-refractivity contribution is 0.218. The van der Waals surface area contributed by atoms with Gasteiger partial charge in [-0.3, -0.25) is 4.90 Å². The van der Waals surface area contributed by atoms with Crippen LogP contribution in [0.25, 0.3) is 16.6 Å². The second-order valence-electron chi connectivity index (χ2n) is 7.92. The van der Waals surface area contributed by atoms with Crippen LogP contribution in [-0.4, -0.2) is 42.7 Å². The molecule has 1 aliphatic heterocycles. The number of likely N-dealkylation sites (tertiary alicyclic amines) is 1. The molecule has 33 heavy (non-hydrogen) atoms. The summed E-state index contributed by atoms with van der Waals surface area (Å²) in [7, 11) is 0. The van der Waals surface area contributed by atoms with E-state index in [0.29, 0.717) is 38.4 Å². The summed E-state index contributed by atoms with van der Waals surface area (Å²) in [6.07, 6.45) is 8.83. The third-order valence-electron chi connectivity index (χ3n) is 5.61. The Morgan fingerprint density at radius 2 is 1.82 bits per heavy atom. The van der Waals surface area contributed by atoms with Crippen molar-refractivity contribution in [2.24, 2.45) is 0 Å². The van der Waals surface area contributed by atoms with E-state index in [2.05, 4.69) is 30.3 Å². The van der Waals surface area contributed by atoms with Crippen molar-refractivity contribution in [1.29, 1.82) is 5.26 Å². The lowest BCUT2D eigenvalue weighted by Crippen LogP contribution is -2.29. The van der Waals surface area contributed by atoms with Crippen molar-refractivity contribution in [2.75, 3.05) is 18.4 Å². The average Bonchev–Trinajstić information content (AvgIpc) is 3.24. The molecular formula is C23H20Cl2N8. The summed E-state index contributed by atoms with van der Waals surface area (Å²) in [5, 5.41) is 18.5. The number of benzene rings is 1. The number of nitrogens with zero attached hydrogens (tertiary/aromatic N) is 7. The molecule has 0 bridgehead atoms. The lowest BCUT2D eigenvalue weighted by atomic mass is 10.1. The van der Waals surface area contributed by atoms with Crippen LogP contribution in [0.2, 0.25) is 10.0 Å². The van der Waals surface area contributed by atoms with Gasteiger partial charge in [-0.25, -0.2) is 19.6 Å². The minimum atomic E-state index is 0.340. The number of rotatable bonds is 5. The molecule has 0 saturated carbocycles. The number of nitrogens with one attached hydrogen (secondary N) is 1. The third-order valence-corrected chi connectivity index (χ3v) is 6.19. The number of anilines is 2. The second-order valence-corrected chi connectivity index (χ2v) is 8.74. The Balaban J connectivity index is 1.44. The molecule has 5 rings (SSSR count). The Morgan fingerprint density at radius 1 is 1.03 bits per heavy atom. The molecule has 1 N–H and O–H groups in total. The van der Waals surface area contributed by atoms with Gasteiger partial charge in [0.15, 0.2) is 0 Å². The van der Waals surface area contributed by atoms with E-state index in [4.69, 9.17) is 28.5 Å². The maximum atomic E-state index is 9.13. The van der Waals surface area contributed by atoms with Gasteiger partial charge in [0.2, 0.25) is 0 Å². The Hall–Kier alpha value is -3.25. The first-order valence-electron chi connectivity index (χ1n) is 10.6. The summed E-state index contributed by atoms with van der Waals surface area (Å²) < 4.78 is 1.60. The van der Waals surface area contributed by atoms with Gasteiger partial charge in [0, 0.05) is 25.0 Å². The number of halogens is 2. The van der Waals surface area contributed by atoms with Crippen LogP contribution in [0.3, 0.4) is 0 Å². The van der Waals surface area contributed by atoms with E-state index < -0.39 is 0 Å². The number of piperidine rings is 1. The molecule has 4 aromatic rings. The van der Waals surface area contributed by atoms with Gasteiger partial charge in [0.25, 0.3) is 0 Å². The highest BCUT2D eigenvalue weighted by molar-refractivity contribution is 6.38. The third kappa shape index (κ3) is 4.62. The van der Waals surface area contributed by atoms with Crippen LogP contribution in [0.1, 0.15) is 30.5 Å². The maximum absolute atomic E-state index is 9.13. The topological polar surface area (TPSA) is 95.6 Å². The number of nitriles is 1. The SMILES string of the molecule is N#Cc1cc(Cl)c(-n2cc3c(Nc4cc(CN5CCCCC5)ncn4)nccc3n2)c(Cl)c1. The first-order chi connectivity index (χ1) is 16.1. The molecule has 0 amide bonds. The van der Waals surface area contributed by atoms with Crippen LogP contribution in [0, 0.1) is 11.3 Å². The summed E-state index contributed by atoms with van der Waals surface area (Å²) in [5.41, 5.74) is 2.57. The van der Waals surface area contributed by atoms with E-state index in [1.807, 2.05) is 18.2 Å². The smallest absolute Gasteiger partial charge is 0.142 e. The first kappa shape index (κ1) is 21.6. The zero-order valence-electron chi connectivity index (χ0n) is 17.7. The Bertz CT molecular complexity index is 1330. The Morgan fingerprint density at radius 3 is 2.58 bits per heavy atom. The highest BCUT2D eigenvalue weighted by Gasteiger charge is 2.16. The van der Waals surface area contributed by atoms with E-state index in [9.17, 15) is 0 Å². The maximum Gasteiger partial charge on any atom is 0.142 e. The van der Waals surface area contributed by atoms with Gasteiger partial charge in [0.1, 0.15) is 23.7 Å². The van der Waals surface area contributed by atoms with Crippen LogP contribution in [0.4, 0.5) is 11.6 Å². The minimum absolute atomic E-state index is 0.340. The minimum Gasteiger partial charge on any atom is -0.324 e. The molecule has 0 unspecified atom stereocenters. The van der Waals surface area contributed by atoms with E-state index in [-0.39, 0.29) is 0 Å². The van der Waals surface area contributed by atoms with E-state index in [1.54, 1.807) is 35.5 Å². The van der Waals surface area contributed by atoms with Gasteiger partial charge in [-0.1, -0.05) is 29.6 Å².